The number of hydrogen-bond acceptors (Lipinski definition) is 6. The first-order valence-corrected chi connectivity index (χ1v) is 10.8. The number of fused-ring (bicyclic) bond motifs is 1. The van der Waals surface area contributed by atoms with Crippen LogP contribution in [0.25, 0.3) is 22.3 Å². The Hall–Kier alpha value is -3.28. The molecule has 0 amide bonds. The molecule has 0 atom stereocenters. The maximum atomic E-state index is 12.9. The summed E-state index contributed by atoms with van der Waals surface area (Å²) in [5.74, 6) is 1.31. The molecule has 9 heteroatoms. The van der Waals surface area contributed by atoms with Gasteiger partial charge < -0.3 is 9.30 Å². The molecule has 0 unspecified atom stereocenters. The number of halogens is 1. The van der Waals surface area contributed by atoms with Gasteiger partial charge in [0.1, 0.15) is 5.75 Å². The molecule has 0 aliphatic heterocycles. The number of para-hydroxylation sites is 1. The minimum Gasteiger partial charge on any atom is -0.496 e. The van der Waals surface area contributed by atoms with Crippen LogP contribution in [0.1, 0.15) is 16.8 Å². The Morgan fingerprint density at radius 2 is 2.16 bits per heavy atom. The predicted molar refractivity (Wildman–Crippen MR) is 121 cm³/mol. The molecule has 0 aliphatic rings. The van der Waals surface area contributed by atoms with Crippen molar-refractivity contribution in [3.05, 3.63) is 59.2 Å². The normalized spacial score (nSPS) is 10.9. The molecule has 2 heterocycles. The number of aryl methyl sites for hydroxylation is 1. The Balaban J connectivity index is 1.52. The molecule has 0 radical (unpaired) electrons. The SMILES string of the molecule is COc1ccc(Cl)cc1-c1nc(SCC(=O)c2cn(CCC#N)c3ccccc23)n[nH]1. The van der Waals surface area contributed by atoms with Gasteiger partial charge in [0, 0.05) is 34.2 Å². The second-order valence-electron chi connectivity index (χ2n) is 6.68. The molecule has 0 spiro atoms. The standard InChI is InChI=1S/C22H18ClN5O2S/c1-30-20-8-7-14(23)11-16(20)21-25-22(27-26-21)31-13-19(29)17-12-28(10-4-9-24)18-6-3-2-5-15(17)18/h2-3,5-8,11-12H,4,10,13H2,1H3,(H,25,26,27). The van der Waals surface area contributed by atoms with Crippen LogP contribution in [0.2, 0.25) is 5.02 Å². The lowest BCUT2D eigenvalue weighted by atomic mass is 10.1. The van der Waals surface area contributed by atoms with E-state index in [1.165, 1.54) is 11.8 Å². The van der Waals surface area contributed by atoms with Crippen molar-refractivity contribution in [1.82, 2.24) is 19.7 Å². The van der Waals surface area contributed by atoms with E-state index in [-0.39, 0.29) is 11.5 Å². The number of methoxy groups -OCH3 is 1. The number of benzene rings is 2. The van der Waals surface area contributed by atoms with E-state index in [2.05, 4.69) is 21.3 Å². The maximum absolute atomic E-state index is 12.9. The molecular weight excluding hydrogens is 434 g/mol. The van der Waals surface area contributed by atoms with Gasteiger partial charge in [0.2, 0.25) is 5.16 Å². The molecule has 4 aromatic rings. The molecule has 156 valence electrons. The maximum Gasteiger partial charge on any atom is 0.209 e. The fraction of sp³-hybridized carbons (Fsp3) is 0.182. The number of nitrogens with one attached hydrogen (secondary N) is 1. The fourth-order valence-electron chi connectivity index (χ4n) is 3.33. The third kappa shape index (κ3) is 4.43. The van der Waals surface area contributed by atoms with Crippen LogP contribution in [0.4, 0.5) is 0 Å². The van der Waals surface area contributed by atoms with Crippen LogP contribution in [-0.2, 0) is 6.54 Å². The summed E-state index contributed by atoms with van der Waals surface area (Å²) in [6.07, 6.45) is 2.21. The summed E-state index contributed by atoms with van der Waals surface area (Å²) in [7, 11) is 1.57. The van der Waals surface area contributed by atoms with Crippen molar-refractivity contribution >= 4 is 40.0 Å². The van der Waals surface area contributed by atoms with Gasteiger partial charge in [-0.05, 0) is 24.3 Å². The third-order valence-electron chi connectivity index (χ3n) is 4.77. The average molecular weight is 452 g/mol. The number of ketones is 1. The van der Waals surface area contributed by atoms with Crippen molar-refractivity contribution in [1.29, 1.82) is 5.26 Å². The molecule has 4 rings (SSSR count). The molecule has 0 saturated heterocycles. The summed E-state index contributed by atoms with van der Waals surface area (Å²) in [6.45, 7) is 0.545. The first-order valence-electron chi connectivity index (χ1n) is 9.48. The van der Waals surface area contributed by atoms with Gasteiger partial charge in [-0.15, -0.1) is 5.10 Å². The van der Waals surface area contributed by atoms with Crippen molar-refractivity contribution in [3.8, 4) is 23.2 Å². The highest BCUT2D eigenvalue weighted by Gasteiger charge is 2.17. The lowest BCUT2D eigenvalue weighted by Gasteiger charge is -2.05. The smallest absolute Gasteiger partial charge is 0.209 e. The number of ether oxygens (including phenoxy) is 1. The van der Waals surface area contributed by atoms with Crippen LogP contribution < -0.4 is 4.74 Å². The summed E-state index contributed by atoms with van der Waals surface area (Å²) in [6, 6.07) is 15.1. The first-order chi connectivity index (χ1) is 15.1. The van der Waals surface area contributed by atoms with Crippen molar-refractivity contribution in [2.75, 3.05) is 12.9 Å². The number of rotatable bonds is 8. The fourth-order valence-corrected chi connectivity index (χ4v) is 4.18. The molecule has 0 aliphatic carbocycles. The second-order valence-corrected chi connectivity index (χ2v) is 8.06. The number of carbonyl (C=O) groups is 1. The average Bonchev–Trinajstić information content (AvgIpc) is 3.41. The number of thioether (sulfide) groups is 1. The molecule has 2 aromatic carbocycles. The van der Waals surface area contributed by atoms with Gasteiger partial charge in [0.25, 0.3) is 0 Å². The molecule has 1 N–H and O–H groups in total. The summed E-state index contributed by atoms with van der Waals surface area (Å²) in [5.41, 5.74) is 2.27. The van der Waals surface area contributed by atoms with Gasteiger partial charge >= 0.3 is 0 Å². The Kier molecular flexibility index (Phi) is 6.26. The molecule has 0 saturated carbocycles. The van der Waals surface area contributed by atoms with Gasteiger partial charge in [-0.2, -0.15) is 5.26 Å². The van der Waals surface area contributed by atoms with E-state index in [4.69, 9.17) is 21.6 Å². The molecule has 0 bridgehead atoms. The highest BCUT2D eigenvalue weighted by atomic mass is 35.5. The molecule has 0 fully saturated rings. The largest absolute Gasteiger partial charge is 0.496 e. The Morgan fingerprint density at radius 3 is 2.97 bits per heavy atom. The number of carbonyl (C=O) groups excluding carboxylic acids is 1. The van der Waals surface area contributed by atoms with Crippen molar-refractivity contribution in [2.24, 2.45) is 0 Å². The summed E-state index contributed by atoms with van der Waals surface area (Å²) in [5, 5.41) is 17.9. The van der Waals surface area contributed by atoms with Gasteiger partial charge in [0.05, 0.1) is 30.9 Å². The highest BCUT2D eigenvalue weighted by Crippen LogP contribution is 2.31. The van der Waals surface area contributed by atoms with E-state index in [1.807, 2.05) is 35.0 Å². The summed E-state index contributed by atoms with van der Waals surface area (Å²) in [4.78, 5) is 17.4. The van der Waals surface area contributed by atoms with Crippen LogP contribution in [0.5, 0.6) is 5.75 Å². The second kappa shape index (κ2) is 9.25. The van der Waals surface area contributed by atoms with E-state index in [1.54, 1.807) is 25.3 Å². The number of H-pyrrole nitrogens is 1. The highest BCUT2D eigenvalue weighted by molar-refractivity contribution is 7.99. The van der Waals surface area contributed by atoms with E-state index in [0.29, 0.717) is 45.8 Å². The zero-order chi connectivity index (χ0) is 21.8. The number of Topliss-reactive ketones (excluding diaryl/α,β-unsaturated/α-hetero) is 1. The minimum atomic E-state index is -0.0245. The summed E-state index contributed by atoms with van der Waals surface area (Å²) < 4.78 is 7.31. The lowest BCUT2D eigenvalue weighted by molar-refractivity contribution is 0.102. The number of aromatic nitrogens is 4. The van der Waals surface area contributed by atoms with Gasteiger partial charge in [-0.25, -0.2) is 4.98 Å². The quantitative estimate of drug-likeness (QED) is 0.300. The molecular formula is C22H18ClN5O2S. The van der Waals surface area contributed by atoms with Crippen LogP contribution in [-0.4, -0.2) is 38.4 Å². The zero-order valence-electron chi connectivity index (χ0n) is 16.6. The molecule has 7 nitrogen and oxygen atoms in total. The first kappa shape index (κ1) is 21.0. The van der Waals surface area contributed by atoms with Gasteiger partial charge in [0.15, 0.2) is 11.6 Å². The molecule has 2 aromatic heterocycles. The lowest BCUT2D eigenvalue weighted by Crippen LogP contribution is -2.02. The monoisotopic (exact) mass is 451 g/mol. The topological polar surface area (TPSA) is 96.6 Å². The minimum absolute atomic E-state index is 0.0245. The van der Waals surface area contributed by atoms with E-state index in [9.17, 15) is 4.79 Å². The number of nitrogens with zero attached hydrogens (tertiary/aromatic N) is 4. The number of aromatic amines is 1. The third-order valence-corrected chi connectivity index (χ3v) is 5.85. The van der Waals surface area contributed by atoms with Crippen LogP contribution in [0.3, 0.4) is 0 Å². The van der Waals surface area contributed by atoms with Gasteiger partial charge in [-0.3, -0.25) is 9.89 Å². The van der Waals surface area contributed by atoms with E-state index in [0.717, 1.165) is 10.9 Å². The van der Waals surface area contributed by atoms with Crippen LogP contribution >= 0.6 is 23.4 Å². The van der Waals surface area contributed by atoms with Crippen molar-refractivity contribution in [3.63, 3.8) is 0 Å². The van der Waals surface area contributed by atoms with Crippen LogP contribution in [0.15, 0.2) is 53.8 Å². The van der Waals surface area contributed by atoms with Crippen molar-refractivity contribution < 1.29 is 9.53 Å². The Morgan fingerprint density at radius 1 is 1.32 bits per heavy atom. The Labute approximate surface area is 188 Å². The van der Waals surface area contributed by atoms with Crippen molar-refractivity contribution in [2.45, 2.75) is 18.1 Å². The predicted octanol–water partition coefficient (Wildman–Crippen LogP) is 4.98. The number of nitriles is 1. The Bertz CT molecular complexity index is 1290. The number of hydrogen-bond donors (Lipinski definition) is 1. The van der Waals surface area contributed by atoms with E-state index >= 15 is 0 Å². The molecule has 31 heavy (non-hydrogen) atoms. The zero-order valence-corrected chi connectivity index (χ0v) is 18.2. The summed E-state index contributed by atoms with van der Waals surface area (Å²) >= 11 is 7.35. The van der Waals surface area contributed by atoms with Crippen LogP contribution in [0, 0.1) is 11.3 Å². The van der Waals surface area contributed by atoms with E-state index < -0.39 is 0 Å². The van der Waals surface area contributed by atoms with Gasteiger partial charge in [-0.1, -0.05) is 41.6 Å².